The van der Waals surface area contributed by atoms with Gasteiger partial charge < -0.3 is 5.73 Å². The number of halogens is 2. The highest BCUT2D eigenvalue weighted by atomic mass is 35.5. The molecule has 3 rings (SSSR count). The molecule has 0 radical (unpaired) electrons. The van der Waals surface area contributed by atoms with Gasteiger partial charge in [-0.1, -0.05) is 41.0 Å². The van der Waals surface area contributed by atoms with Crippen molar-refractivity contribution < 1.29 is 0 Å². The molecule has 0 bridgehead atoms. The Morgan fingerprint density at radius 2 is 1.84 bits per heavy atom. The summed E-state index contributed by atoms with van der Waals surface area (Å²) in [7, 11) is 0. The summed E-state index contributed by atoms with van der Waals surface area (Å²) in [6.07, 6.45) is 3.59. The fourth-order valence-corrected chi connectivity index (χ4v) is 3.59. The average molecular weight is 311 g/mol. The average Bonchev–Trinajstić information content (AvgIpc) is 2.83. The molecule has 0 unspecified atom stereocenters. The fraction of sp³-hybridized carbons (Fsp3) is 0.214. The third-order valence-corrected chi connectivity index (χ3v) is 4.91. The van der Waals surface area contributed by atoms with Crippen molar-refractivity contribution in [3.05, 3.63) is 45.4 Å². The molecule has 0 aliphatic heterocycles. The van der Waals surface area contributed by atoms with Crippen molar-refractivity contribution in [1.29, 1.82) is 0 Å². The van der Waals surface area contributed by atoms with Gasteiger partial charge in [-0.2, -0.15) is 0 Å². The van der Waals surface area contributed by atoms with Crippen molar-refractivity contribution in [2.75, 3.05) is 5.73 Å². The Labute approximate surface area is 126 Å². The number of hydrogen-bond acceptors (Lipinski definition) is 3. The van der Waals surface area contributed by atoms with Crippen LogP contribution >= 0.6 is 35.0 Å². The Kier molecular flexibility index (Phi) is 3.61. The Balaban J connectivity index is 1.91. The highest BCUT2D eigenvalue weighted by Gasteiger charge is 2.13. The third kappa shape index (κ3) is 2.69. The largest absolute Gasteiger partial charge is 0.382 e. The van der Waals surface area contributed by atoms with E-state index in [1.165, 1.54) is 35.7 Å². The molecule has 2 aromatic rings. The number of anilines is 1. The van der Waals surface area contributed by atoms with E-state index in [1.807, 2.05) is 0 Å². The van der Waals surface area contributed by atoms with Crippen LogP contribution in [-0.2, 0) is 12.8 Å². The van der Waals surface area contributed by atoms with Gasteiger partial charge in [0.1, 0.15) is 10.8 Å². The van der Waals surface area contributed by atoms with E-state index in [1.54, 1.807) is 6.07 Å². The van der Waals surface area contributed by atoms with Crippen molar-refractivity contribution in [3.63, 3.8) is 0 Å². The highest BCUT2D eigenvalue weighted by Crippen LogP contribution is 2.36. The summed E-state index contributed by atoms with van der Waals surface area (Å²) in [5.74, 6) is 0.315. The van der Waals surface area contributed by atoms with Crippen molar-refractivity contribution in [1.82, 2.24) is 4.98 Å². The number of nitrogens with zero attached hydrogens (tertiary/aromatic N) is 1. The van der Waals surface area contributed by atoms with Gasteiger partial charge in [0.2, 0.25) is 0 Å². The van der Waals surface area contributed by atoms with E-state index in [-0.39, 0.29) is 0 Å². The molecular formula is C14H12Cl2N2S. The maximum Gasteiger partial charge on any atom is 0.143 e. The Bertz CT molecular complexity index is 644. The quantitative estimate of drug-likeness (QED) is 0.880. The number of hydrogen-bond donors (Lipinski definition) is 1. The van der Waals surface area contributed by atoms with Crippen molar-refractivity contribution in [2.45, 2.75) is 29.2 Å². The predicted molar refractivity (Wildman–Crippen MR) is 81.3 cm³/mol. The molecule has 1 heterocycles. The molecule has 0 atom stereocenters. The van der Waals surface area contributed by atoms with Crippen molar-refractivity contribution in [2.24, 2.45) is 0 Å². The fourth-order valence-electron chi connectivity index (χ4n) is 2.26. The third-order valence-electron chi connectivity index (χ3n) is 3.21. The van der Waals surface area contributed by atoms with E-state index >= 15 is 0 Å². The van der Waals surface area contributed by atoms with Crippen LogP contribution < -0.4 is 5.73 Å². The Morgan fingerprint density at radius 3 is 2.68 bits per heavy atom. The van der Waals surface area contributed by atoms with Gasteiger partial charge in [0.15, 0.2) is 0 Å². The van der Waals surface area contributed by atoms with Crippen LogP contribution in [0.15, 0.2) is 34.2 Å². The Morgan fingerprint density at radius 1 is 1.05 bits per heavy atom. The second-order valence-electron chi connectivity index (χ2n) is 4.53. The van der Waals surface area contributed by atoms with Gasteiger partial charge in [-0.05, 0) is 48.6 Å². The maximum absolute atomic E-state index is 6.15. The standard InChI is InChI=1S/C14H12Cl2N2S/c15-11-7-12(16)14(18-13(11)17)19-10-5-4-8-2-1-3-9(8)6-10/h4-7H,1-3H2,(H2,17,18). The number of nitrogen functional groups attached to an aromatic ring is 1. The van der Waals surface area contributed by atoms with E-state index in [4.69, 9.17) is 28.9 Å². The van der Waals surface area contributed by atoms with Gasteiger partial charge >= 0.3 is 0 Å². The lowest BCUT2D eigenvalue weighted by molar-refractivity contribution is 0.911. The van der Waals surface area contributed by atoms with Gasteiger partial charge in [0.25, 0.3) is 0 Å². The molecule has 5 heteroatoms. The Hall–Kier alpha value is -0.900. The minimum absolute atomic E-state index is 0.315. The van der Waals surface area contributed by atoms with Crippen LogP contribution in [0.2, 0.25) is 10.0 Å². The highest BCUT2D eigenvalue weighted by molar-refractivity contribution is 7.99. The molecule has 0 amide bonds. The molecule has 2 nitrogen and oxygen atoms in total. The van der Waals surface area contributed by atoms with Gasteiger partial charge in [-0.25, -0.2) is 4.98 Å². The van der Waals surface area contributed by atoms with Gasteiger partial charge in [-0.15, -0.1) is 0 Å². The molecular weight excluding hydrogens is 299 g/mol. The zero-order valence-corrected chi connectivity index (χ0v) is 12.4. The number of pyridine rings is 1. The van der Waals surface area contributed by atoms with E-state index in [2.05, 4.69) is 23.2 Å². The van der Waals surface area contributed by atoms with Gasteiger partial charge in [0.05, 0.1) is 10.0 Å². The van der Waals surface area contributed by atoms with E-state index < -0.39 is 0 Å². The first-order valence-electron chi connectivity index (χ1n) is 6.04. The van der Waals surface area contributed by atoms with E-state index in [0.717, 1.165) is 11.3 Å². The lowest BCUT2D eigenvalue weighted by Gasteiger charge is -2.07. The summed E-state index contributed by atoms with van der Waals surface area (Å²) in [5.41, 5.74) is 8.61. The van der Waals surface area contributed by atoms with Crippen LogP contribution in [0.25, 0.3) is 0 Å². The van der Waals surface area contributed by atoms with E-state index in [9.17, 15) is 0 Å². The smallest absolute Gasteiger partial charge is 0.143 e. The normalized spacial score (nSPS) is 13.6. The zero-order valence-electron chi connectivity index (χ0n) is 10.1. The van der Waals surface area contributed by atoms with Crippen molar-refractivity contribution in [3.8, 4) is 0 Å². The number of aromatic nitrogens is 1. The SMILES string of the molecule is Nc1nc(Sc2ccc3c(c2)CCC3)c(Cl)cc1Cl. The van der Waals surface area contributed by atoms with E-state index in [0.29, 0.717) is 20.9 Å². The summed E-state index contributed by atoms with van der Waals surface area (Å²) >= 11 is 13.6. The zero-order chi connectivity index (χ0) is 13.4. The number of rotatable bonds is 2. The molecule has 2 N–H and O–H groups in total. The summed E-state index contributed by atoms with van der Waals surface area (Å²) in [5, 5.41) is 1.62. The first kappa shape index (κ1) is 13.1. The van der Waals surface area contributed by atoms with Crippen LogP contribution in [-0.4, -0.2) is 4.98 Å². The summed E-state index contributed by atoms with van der Waals surface area (Å²) in [6, 6.07) is 8.16. The van der Waals surface area contributed by atoms with Crippen molar-refractivity contribution >= 4 is 40.8 Å². The second-order valence-corrected chi connectivity index (χ2v) is 6.41. The van der Waals surface area contributed by atoms with Crippen LogP contribution in [0.5, 0.6) is 0 Å². The molecule has 0 saturated heterocycles. The summed E-state index contributed by atoms with van der Waals surface area (Å²) < 4.78 is 0. The number of nitrogens with two attached hydrogens (primary N) is 1. The number of benzene rings is 1. The second kappa shape index (κ2) is 5.23. The molecule has 0 spiro atoms. The summed E-state index contributed by atoms with van der Waals surface area (Å²) in [6.45, 7) is 0. The first-order valence-corrected chi connectivity index (χ1v) is 7.62. The van der Waals surface area contributed by atoms with Crippen LogP contribution in [0.3, 0.4) is 0 Å². The molecule has 1 aliphatic rings. The predicted octanol–water partition coefficient (Wildman–Crippen LogP) is 4.61. The lowest BCUT2D eigenvalue weighted by Crippen LogP contribution is -1.93. The maximum atomic E-state index is 6.15. The minimum Gasteiger partial charge on any atom is -0.382 e. The monoisotopic (exact) mass is 310 g/mol. The van der Waals surface area contributed by atoms with Gasteiger partial charge in [0, 0.05) is 4.90 Å². The van der Waals surface area contributed by atoms with Crippen LogP contribution in [0.1, 0.15) is 17.5 Å². The van der Waals surface area contributed by atoms with Crippen LogP contribution in [0, 0.1) is 0 Å². The van der Waals surface area contributed by atoms with Crippen LogP contribution in [0.4, 0.5) is 5.82 Å². The molecule has 1 aromatic heterocycles. The molecule has 1 aliphatic carbocycles. The molecule has 19 heavy (non-hydrogen) atoms. The van der Waals surface area contributed by atoms with Gasteiger partial charge in [-0.3, -0.25) is 0 Å². The minimum atomic E-state index is 0.315. The number of fused-ring (bicyclic) bond motifs is 1. The lowest BCUT2D eigenvalue weighted by atomic mass is 10.1. The molecule has 0 fully saturated rings. The molecule has 1 aromatic carbocycles. The summed E-state index contributed by atoms with van der Waals surface area (Å²) in [4.78, 5) is 5.37. The molecule has 98 valence electrons. The topological polar surface area (TPSA) is 38.9 Å². The molecule has 0 saturated carbocycles. The number of aryl methyl sites for hydroxylation is 2. The first-order chi connectivity index (χ1) is 9.13.